The first-order chi connectivity index (χ1) is 5.05. The van der Waals surface area contributed by atoms with E-state index in [1.165, 1.54) is 0 Å². The van der Waals surface area contributed by atoms with Gasteiger partial charge in [-0.1, -0.05) is 0 Å². The van der Waals surface area contributed by atoms with Gasteiger partial charge in [-0.3, -0.25) is 0 Å². The third-order valence-corrected chi connectivity index (χ3v) is 1.61. The molecule has 1 aliphatic rings. The van der Waals surface area contributed by atoms with E-state index in [-0.39, 0.29) is 0 Å². The zero-order chi connectivity index (χ0) is 8.48. The average molecular weight is 155 g/mol. The van der Waals surface area contributed by atoms with Gasteiger partial charge in [0.25, 0.3) is 0 Å². The highest BCUT2D eigenvalue weighted by Crippen LogP contribution is 2.19. The quantitative estimate of drug-likeness (QED) is 0.440. The number of nitrogens with two attached hydrogens (primary N) is 3. The number of hydrogen-bond acceptors (Lipinski definition) is 4. The summed E-state index contributed by atoms with van der Waals surface area (Å²) in [5, 5.41) is 0. The van der Waals surface area contributed by atoms with Crippen LogP contribution < -0.4 is 17.2 Å². The largest absolute Gasteiger partial charge is 0.499 e. The van der Waals surface area contributed by atoms with Crippen molar-refractivity contribution in [1.82, 2.24) is 0 Å². The lowest BCUT2D eigenvalue weighted by Gasteiger charge is -2.25. The first kappa shape index (κ1) is 8.10. The van der Waals surface area contributed by atoms with E-state index in [0.29, 0.717) is 17.9 Å². The van der Waals surface area contributed by atoms with Crippen LogP contribution in [-0.4, -0.2) is 12.8 Å². The van der Waals surface area contributed by atoms with Crippen molar-refractivity contribution in [3.63, 3.8) is 0 Å². The summed E-state index contributed by atoms with van der Waals surface area (Å²) in [7, 11) is 1.55. The van der Waals surface area contributed by atoms with E-state index >= 15 is 0 Å². The third kappa shape index (κ3) is 1.72. The highest BCUT2D eigenvalue weighted by Gasteiger charge is 2.22. The van der Waals surface area contributed by atoms with E-state index in [1.54, 1.807) is 19.3 Å². The molecule has 1 aliphatic carbocycles. The fraction of sp³-hybridized carbons (Fsp3) is 0.429. The molecule has 0 unspecified atom stereocenters. The Morgan fingerprint density at radius 3 is 2.64 bits per heavy atom. The van der Waals surface area contributed by atoms with Crippen molar-refractivity contribution >= 4 is 0 Å². The van der Waals surface area contributed by atoms with Crippen LogP contribution in [0.15, 0.2) is 23.6 Å². The van der Waals surface area contributed by atoms with Crippen LogP contribution in [0.1, 0.15) is 6.42 Å². The predicted molar refractivity (Wildman–Crippen MR) is 43.1 cm³/mol. The maximum absolute atomic E-state index is 5.63. The number of allylic oxidation sites excluding steroid dienone is 1. The molecule has 0 radical (unpaired) electrons. The molecule has 0 aromatic heterocycles. The molecule has 0 heterocycles. The van der Waals surface area contributed by atoms with Crippen LogP contribution in [0.3, 0.4) is 0 Å². The van der Waals surface area contributed by atoms with Gasteiger partial charge in [0, 0.05) is 6.42 Å². The number of rotatable bonds is 1. The van der Waals surface area contributed by atoms with Gasteiger partial charge in [-0.2, -0.15) is 0 Å². The summed E-state index contributed by atoms with van der Waals surface area (Å²) in [6.45, 7) is 0. The van der Waals surface area contributed by atoms with Gasteiger partial charge in [-0.05, 0) is 12.2 Å². The van der Waals surface area contributed by atoms with E-state index in [0.717, 1.165) is 0 Å². The predicted octanol–water partition coefficient (Wildman–Crippen LogP) is -0.623. The number of ether oxygens (including phenoxy) is 1. The van der Waals surface area contributed by atoms with Crippen molar-refractivity contribution < 1.29 is 4.74 Å². The molecular weight excluding hydrogens is 142 g/mol. The lowest BCUT2D eigenvalue weighted by molar-refractivity contribution is 0.253. The molecule has 4 heteroatoms. The Balaban J connectivity index is 2.84. The molecular formula is C7H13N3O. The lowest BCUT2D eigenvalue weighted by Crippen LogP contribution is -2.49. The maximum atomic E-state index is 5.63. The molecule has 0 aliphatic heterocycles. The highest BCUT2D eigenvalue weighted by molar-refractivity contribution is 5.29. The molecule has 0 amide bonds. The van der Waals surface area contributed by atoms with E-state index in [4.69, 9.17) is 21.9 Å². The molecule has 0 fully saturated rings. The standard InChI is InChI=1S/C7H13N3O/c1-11-6-4-7(9,10)3-2-5(6)8/h2-3H,4,8-10H2,1H3. The van der Waals surface area contributed by atoms with Gasteiger partial charge in [-0.25, -0.2) is 0 Å². The Labute approximate surface area is 65.7 Å². The fourth-order valence-electron chi connectivity index (χ4n) is 0.967. The summed E-state index contributed by atoms with van der Waals surface area (Å²) in [6.07, 6.45) is 3.79. The SMILES string of the molecule is COC1=C(N)C=CC(N)(N)C1. The molecule has 6 N–H and O–H groups in total. The van der Waals surface area contributed by atoms with E-state index in [1.807, 2.05) is 0 Å². The van der Waals surface area contributed by atoms with Crippen molar-refractivity contribution in [3.8, 4) is 0 Å². The first-order valence-electron chi connectivity index (χ1n) is 3.35. The molecule has 0 bridgehead atoms. The van der Waals surface area contributed by atoms with Crippen LogP contribution in [0, 0.1) is 0 Å². The molecule has 11 heavy (non-hydrogen) atoms. The molecule has 0 aromatic carbocycles. The van der Waals surface area contributed by atoms with E-state index < -0.39 is 5.66 Å². The minimum absolute atomic E-state index is 0.450. The van der Waals surface area contributed by atoms with Crippen molar-refractivity contribution in [3.05, 3.63) is 23.6 Å². The van der Waals surface area contributed by atoms with Gasteiger partial charge in [0.05, 0.1) is 18.5 Å². The minimum atomic E-state index is -0.811. The Kier molecular flexibility index (Phi) is 1.89. The van der Waals surface area contributed by atoms with Crippen molar-refractivity contribution in [2.75, 3.05) is 7.11 Å². The lowest BCUT2D eigenvalue weighted by atomic mass is 10.0. The van der Waals surface area contributed by atoms with Gasteiger partial charge >= 0.3 is 0 Å². The van der Waals surface area contributed by atoms with Crippen LogP contribution in [0.2, 0.25) is 0 Å². The van der Waals surface area contributed by atoms with Gasteiger partial charge in [0.15, 0.2) is 0 Å². The minimum Gasteiger partial charge on any atom is -0.499 e. The summed E-state index contributed by atoms with van der Waals surface area (Å²) < 4.78 is 4.98. The number of methoxy groups -OCH3 is 1. The van der Waals surface area contributed by atoms with Gasteiger partial charge in [0.2, 0.25) is 0 Å². The first-order valence-corrected chi connectivity index (χ1v) is 3.35. The summed E-state index contributed by atoms with van der Waals surface area (Å²) in [5.74, 6) is 0.650. The van der Waals surface area contributed by atoms with Crippen LogP contribution in [0.5, 0.6) is 0 Å². The topological polar surface area (TPSA) is 87.3 Å². The summed E-state index contributed by atoms with van der Waals surface area (Å²) >= 11 is 0. The highest BCUT2D eigenvalue weighted by atomic mass is 16.5. The van der Waals surface area contributed by atoms with Gasteiger partial charge in [0.1, 0.15) is 5.76 Å². The number of hydrogen-bond donors (Lipinski definition) is 3. The zero-order valence-electron chi connectivity index (χ0n) is 6.50. The third-order valence-electron chi connectivity index (χ3n) is 1.61. The Hall–Kier alpha value is -1.00. The molecule has 0 aromatic rings. The zero-order valence-corrected chi connectivity index (χ0v) is 6.50. The van der Waals surface area contributed by atoms with Crippen LogP contribution in [0.4, 0.5) is 0 Å². The summed E-state index contributed by atoms with van der Waals surface area (Å²) in [6, 6.07) is 0. The molecule has 0 spiro atoms. The Morgan fingerprint density at radius 1 is 1.55 bits per heavy atom. The molecule has 4 nitrogen and oxygen atoms in total. The summed E-state index contributed by atoms with van der Waals surface area (Å²) in [5.41, 5.74) is 16.6. The maximum Gasteiger partial charge on any atom is 0.122 e. The monoisotopic (exact) mass is 155 g/mol. The second kappa shape index (κ2) is 2.56. The average Bonchev–Trinajstić information content (AvgIpc) is 1.94. The molecule has 0 saturated carbocycles. The van der Waals surface area contributed by atoms with Gasteiger partial charge < -0.3 is 21.9 Å². The molecule has 1 rings (SSSR count). The van der Waals surface area contributed by atoms with Crippen LogP contribution in [0.25, 0.3) is 0 Å². The normalized spacial score (nSPS) is 22.1. The summed E-state index contributed by atoms with van der Waals surface area (Å²) in [4.78, 5) is 0. The van der Waals surface area contributed by atoms with Crippen LogP contribution >= 0.6 is 0 Å². The van der Waals surface area contributed by atoms with Crippen LogP contribution in [-0.2, 0) is 4.74 Å². The Morgan fingerprint density at radius 2 is 2.18 bits per heavy atom. The molecule has 62 valence electrons. The van der Waals surface area contributed by atoms with E-state index in [2.05, 4.69) is 0 Å². The van der Waals surface area contributed by atoms with Crippen molar-refractivity contribution in [2.24, 2.45) is 17.2 Å². The van der Waals surface area contributed by atoms with Crippen molar-refractivity contribution in [1.29, 1.82) is 0 Å². The molecule has 0 atom stereocenters. The second-order valence-electron chi connectivity index (χ2n) is 2.71. The van der Waals surface area contributed by atoms with Gasteiger partial charge in [-0.15, -0.1) is 0 Å². The smallest absolute Gasteiger partial charge is 0.122 e. The second-order valence-corrected chi connectivity index (χ2v) is 2.71. The van der Waals surface area contributed by atoms with E-state index in [9.17, 15) is 0 Å². The van der Waals surface area contributed by atoms with Crippen molar-refractivity contribution in [2.45, 2.75) is 12.1 Å². The fourth-order valence-corrected chi connectivity index (χ4v) is 0.967. The Bertz CT molecular complexity index is 218. The molecule has 0 saturated heterocycles.